The highest BCUT2D eigenvalue weighted by atomic mass is 16.5. The van der Waals surface area contributed by atoms with Gasteiger partial charge in [0.2, 0.25) is 0 Å². The molecule has 4 aromatic rings. The Kier molecular flexibility index (Phi) is 7.19. The van der Waals surface area contributed by atoms with Crippen LogP contribution in [-0.4, -0.2) is 34.1 Å². The van der Waals surface area contributed by atoms with Gasteiger partial charge in [-0.25, -0.2) is 4.98 Å². The molecule has 0 amide bonds. The van der Waals surface area contributed by atoms with E-state index in [-0.39, 0.29) is 5.56 Å². The maximum atomic E-state index is 14.0. The number of likely N-dealkylation sites (tertiary alicyclic amines) is 1. The number of nitrogens with zero attached hydrogens (tertiary/aromatic N) is 3. The number of ether oxygens (including phenoxy) is 1. The van der Waals surface area contributed by atoms with Crippen LogP contribution in [0.15, 0.2) is 71.5 Å². The molecule has 5 heteroatoms. The summed E-state index contributed by atoms with van der Waals surface area (Å²) in [5, 5.41) is 0.596. The van der Waals surface area contributed by atoms with Gasteiger partial charge in [0.05, 0.1) is 10.9 Å². The molecule has 1 fully saturated rings. The van der Waals surface area contributed by atoms with Crippen molar-refractivity contribution in [1.29, 1.82) is 0 Å². The van der Waals surface area contributed by atoms with Gasteiger partial charge in [0.15, 0.2) is 0 Å². The molecule has 1 aliphatic rings. The molecule has 1 aliphatic heterocycles. The number of rotatable bonds is 7. The first-order valence-corrected chi connectivity index (χ1v) is 13.1. The molecule has 0 saturated carbocycles. The van der Waals surface area contributed by atoms with E-state index in [1.54, 1.807) is 0 Å². The first kappa shape index (κ1) is 24.3. The molecule has 0 bridgehead atoms. The lowest BCUT2D eigenvalue weighted by Crippen LogP contribution is -2.39. The minimum Gasteiger partial charge on any atom is -0.457 e. The van der Waals surface area contributed by atoms with E-state index < -0.39 is 0 Å². The van der Waals surface area contributed by atoms with E-state index >= 15 is 0 Å². The molecule has 0 spiro atoms. The predicted octanol–water partition coefficient (Wildman–Crippen LogP) is 6.59. The number of aryl methyl sites for hydroxylation is 2. The van der Waals surface area contributed by atoms with Gasteiger partial charge in [-0.15, -0.1) is 0 Å². The third-order valence-electron chi connectivity index (χ3n) is 7.15. The highest BCUT2D eigenvalue weighted by Crippen LogP contribution is 2.28. The summed E-state index contributed by atoms with van der Waals surface area (Å²) < 4.78 is 8.00. The van der Waals surface area contributed by atoms with Crippen LogP contribution in [-0.2, 0) is 6.54 Å². The fourth-order valence-electron chi connectivity index (χ4n) is 5.28. The van der Waals surface area contributed by atoms with Gasteiger partial charge in [-0.2, -0.15) is 0 Å². The van der Waals surface area contributed by atoms with Crippen LogP contribution in [0.25, 0.3) is 22.3 Å². The van der Waals surface area contributed by atoms with Crippen molar-refractivity contribution in [1.82, 2.24) is 14.5 Å². The highest BCUT2D eigenvalue weighted by molar-refractivity contribution is 5.81. The van der Waals surface area contributed by atoms with Crippen molar-refractivity contribution in [3.63, 3.8) is 0 Å². The Hall–Kier alpha value is -3.44. The Morgan fingerprint density at radius 3 is 2.56 bits per heavy atom. The van der Waals surface area contributed by atoms with Gasteiger partial charge in [0.25, 0.3) is 5.56 Å². The van der Waals surface area contributed by atoms with Gasteiger partial charge < -0.3 is 9.64 Å². The van der Waals surface area contributed by atoms with Gasteiger partial charge in [-0.05, 0) is 88.0 Å². The molecule has 186 valence electrons. The first-order chi connectivity index (χ1) is 17.5. The molecular weight excluding hydrogens is 446 g/mol. The number of hydrogen-bond donors (Lipinski definition) is 0. The van der Waals surface area contributed by atoms with Crippen LogP contribution in [0.1, 0.15) is 37.3 Å². The Bertz CT molecular complexity index is 1410. The molecule has 36 heavy (non-hydrogen) atoms. The smallest absolute Gasteiger partial charge is 0.261 e. The third-order valence-corrected chi connectivity index (χ3v) is 7.15. The van der Waals surface area contributed by atoms with Crippen LogP contribution in [0, 0.1) is 19.8 Å². The molecular formula is C31H35N3O2. The van der Waals surface area contributed by atoms with Crippen molar-refractivity contribution >= 4 is 10.9 Å². The van der Waals surface area contributed by atoms with Gasteiger partial charge in [0.1, 0.15) is 17.3 Å². The van der Waals surface area contributed by atoms with Crippen molar-refractivity contribution < 1.29 is 4.74 Å². The molecule has 1 aromatic heterocycles. The van der Waals surface area contributed by atoms with E-state index in [2.05, 4.69) is 30.9 Å². The summed E-state index contributed by atoms with van der Waals surface area (Å²) >= 11 is 0. The van der Waals surface area contributed by atoms with Crippen LogP contribution >= 0.6 is 0 Å². The number of piperidine rings is 1. The molecule has 5 rings (SSSR count). The minimum atomic E-state index is 0.000208. The average Bonchev–Trinajstić information content (AvgIpc) is 2.88. The summed E-state index contributed by atoms with van der Waals surface area (Å²) in [6.45, 7) is 10.3. The van der Waals surface area contributed by atoms with E-state index in [0.29, 0.717) is 29.1 Å². The maximum Gasteiger partial charge on any atom is 0.261 e. The van der Waals surface area contributed by atoms with Crippen molar-refractivity contribution in [3.05, 3.63) is 88.2 Å². The first-order valence-electron chi connectivity index (χ1n) is 13.1. The van der Waals surface area contributed by atoms with Crippen molar-refractivity contribution in [2.24, 2.45) is 5.92 Å². The normalized spacial score (nSPS) is 16.4. The second-order valence-corrected chi connectivity index (χ2v) is 10.1. The Morgan fingerprint density at radius 2 is 1.78 bits per heavy atom. The highest BCUT2D eigenvalue weighted by Gasteiger charge is 2.23. The van der Waals surface area contributed by atoms with E-state index in [1.165, 1.54) is 12.0 Å². The predicted molar refractivity (Wildman–Crippen MR) is 147 cm³/mol. The zero-order chi connectivity index (χ0) is 25.1. The van der Waals surface area contributed by atoms with Gasteiger partial charge in [0, 0.05) is 18.7 Å². The summed E-state index contributed by atoms with van der Waals surface area (Å²) in [6, 6.07) is 21.8. The molecule has 2 heterocycles. The van der Waals surface area contributed by atoms with Gasteiger partial charge in [-0.1, -0.05) is 48.9 Å². The summed E-state index contributed by atoms with van der Waals surface area (Å²) in [7, 11) is 0. The van der Waals surface area contributed by atoms with E-state index in [0.717, 1.165) is 55.2 Å². The molecule has 0 N–H and O–H groups in total. The largest absolute Gasteiger partial charge is 0.457 e. The zero-order valence-corrected chi connectivity index (χ0v) is 21.5. The standard InChI is InChI=1S/C31H35N3O2/c1-4-17-33-18-7-9-24(20-33)21-34-30(27-10-6-5-8-23(27)3)32-29-16-15-26(19-28(29)31(34)35)36-25-13-11-22(2)12-14-25/h5-6,8,10-16,19,24H,4,7,9,17-18,20-21H2,1-3H3/t24-/m0/s1. The van der Waals surface area contributed by atoms with Gasteiger partial charge in [-0.3, -0.25) is 9.36 Å². The number of aromatic nitrogens is 2. The Labute approximate surface area is 213 Å². The lowest BCUT2D eigenvalue weighted by Gasteiger charge is -2.33. The quantitative estimate of drug-likeness (QED) is 0.299. The molecule has 1 atom stereocenters. The molecule has 0 radical (unpaired) electrons. The maximum absolute atomic E-state index is 14.0. The van der Waals surface area contributed by atoms with Crippen molar-refractivity contribution in [2.75, 3.05) is 19.6 Å². The number of benzene rings is 3. The van der Waals surface area contributed by atoms with Crippen molar-refractivity contribution in [3.8, 4) is 22.9 Å². The number of fused-ring (bicyclic) bond motifs is 1. The van der Waals surface area contributed by atoms with E-state index in [1.807, 2.05) is 66.1 Å². The minimum absolute atomic E-state index is 0.000208. The number of hydrogen-bond acceptors (Lipinski definition) is 4. The lowest BCUT2D eigenvalue weighted by molar-refractivity contribution is 0.162. The summed E-state index contributed by atoms with van der Waals surface area (Å²) in [4.78, 5) is 21.6. The molecule has 0 unspecified atom stereocenters. The second-order valence-electron chi connectivity index (χ2n) is 10.1. The molecule has 3 aromatic carbocycles. The lowest BCUT2D eigenvalue weighted by atomic mass is 9.97. The zero-order valence-electron chi connectivity index (χ0n) is 21.5. The van der Waals surface area contributed by atoms with Crippen LogP contribution in [0.4, 0.5) is 0 Å². The second kappa shape index (κ2) is 10.7. The van der Waals surface area contributed by atoms with Crippen LogP contribution in [0.2, 0.25) is 0 Å². The van der Waals surface area contributed by atoms with Gasteiger partial charge >= 0.3 is 0 Å². The monoisotopic (exact) mass is 481 g/mol. The fourth-order valence-corrected chi connectivity index (χ4v) is 5.28. The average molecular weight is 482 g/mol. The SMILES string of the molecule is CCCN1CCC[C@H](Cn2c(-c3ccccc3C)nc3ccc(Oc4ccc(C)cc4)cc3c2=O)C1. The Balaban J connectivity index is 1.57. The summed E-state index contributed by atoms with van der Waals surface area (Å²) in [6.07, 6.45) is 3.46. The molecule has 0 aliphatic carbocycles. The Morgan fingerprint density at radius 1 is 1.00 bits per heavy atom. The van der Waals surface area contributed by atoms with Crippen molar-refractivity contribution in [2.45, 2.75) is 46.6 Å². The fraction of sp³-hybridized carbons (Fsp3) is 0.355. The topological polar surface area (TPSA) is 47.4 Å². The van der Waals surface area contributed by atoms with Crippen LogP contribution in [0.3, 0.4) is 0 Å². The molecule has 5 nitrogen and oxygen atoms in total. The summed E-state index contributed by atoms with van der Waals surface area (Å²) in [5.74, 6) is 2.58. The molecule has 1 saturated heterocycles. The van der Waals surface area contributed by atoms with Crippen LogP contribution in [0.5, 0.6) is 11.5 Å². The summed E-state index contributed by atoms with van der Waals surface area (Å²) in [5.41, 5.74) is 4.00. The third kappa shape index (κ3) is 5.21. The van der Waals surface area contributed by atoms with E-state index in [4.69, 9.17) is 9.72 Å². The van der Waals surface area contributed by atoms with E-state index in [9.17, 15) is 4.79 Å². The van der Waals surface area contributed by atoms with Crippen LogP contribution < -0.4 is 10.3 Å².